The molecule has 0 spiro atoms. The van der Waals surface area contributed by atoms with Crippen LogP contribution in [-0.2, 0) is 9.53 Å². The number of aliphatic hydroxyl groups is 1. The third kappa shape index (κ3) is 5.65. The van der Waals surface area contributed by atoms with E-state index in [9.17, 15) is 4.79 Å². The summed E-state index contributed by atoms with van der Waals surface area (Å²) in [6, 6.07) is 4.41. The van der Waals surface area contributed by atoms with Gasteiger partial charge in [-0.1, -0.05) is 23.2 Å². The van der Waals surface area contributed by atoms with Gasteiger partial charge in [0.05, 0.1) is 23.3 Å². The summed E-state index contributed by atoms with van der Waals surface area (Å²) in [4.78, 5) is 12.5. The fraction of sp³-hybridized carbons (Fsp3) is 0.417. The molecule has 19 heavy (non-hydrogen) atoms. The number of morpholine rings is 1. The molecule has 1 amide bonds. The smallest absolute Gasteiger partial charge is 0.248 e. The predicted octanol–water partition coefficient (Wildman–Crippen LogP) is 1.54. The maximum atomic E-state index is 10.9. The van der Waals surface area contributed by atoms with Crippen LogP contribution in [0.2, 0.25) is 10.0 Å². The monoisotopic (exact) mass is 307 g/mol. The Morgan fingerprint density at radius 2 is 2.05 bits per heavy atom. The van der Waals surface area contributed by atoms with Crippen molar-refractivity contribution in [3.63, 3.8) is 0 Å². The molecule has 0 radical (unpaired) electrons. The fourth-order valence-electron chi connectivity index (χ4n) is 1.39. The topological polar surface area (TPSA) is 70.0 Å². The molecule has 0 saturated carbocycles. The third-order valence-electron chi connectivity index (χ3n) is 2.36. The lowest BCUT2D eigenvalue weighted by molar-refractivity contribution is -0.143. The predicted molar refractivity (Wildman–Crippen MR) is 72.6 cm³/mol. The minimum Gasteiger partial charge on any atom is -0.508 e. The van der Waals surface area contributed by atoms with Crippen molar-refractivity contribution in [3.8, 4) is 5.75 Å². The third-order valence-corrected chi connectivity index (χ3v) is 3.10. The van der Waals surface area contributed by atoms with E-state index in [0.717, 1.165) is 0 Å². The molecule has 106 valence electrons. The van der Waals surface area contributed by atoms with Crippen molar-refractivity contribution >= 4 is 29.1 Å². The van der Waals surface area contributed by atoms with Crippen LogP contribution in [0.5, 0.6) is 5.75 Å². The van der Waals surface area contributed by atoms with Gasteiger partial charge < -0.3 is 19.8 Å². The summed E-state index contributed by atoms with van der Waals surface area (Å²) in [5.74, 6) is 0.102. The summed E-state index contributed by atoms with van der Waals surface area (Å²) < 4.78 is 4.89. The standard InChI is InChI=1S/C6H4Cl2O.C6H11NO3/c7-5-2-1-4(9)3-6(5)8;8-3-1-7-2-4-10-5-6(7)9/h1-3,9H;8H,1-5H2. The highest BCUT2D eigenvalue weighted by atomic mass is 35.5. The fourth-order valence-corrected chi connectivity index (χ4v) is 1.68. The van der Waals surface area contributed by atoms with Gasteiger partial charge in [0.15, 0.2) is 0 Å². The Balaban J connectivity index is 0.000000191. The number of aliphatic hydroxyl groups excluding tert-OH is 1. The van der Waals surface area contributed by atoms with Gasteiger partial charge >= 0.3 is 0 Å². The molecular formula is C12H15Cl2NO4. The van der Waals surface area contributed by atoms with Crippen molar-refractivity contribution in [3.05, 3.63) is 28.2 Å². The number of aromatic hydroxyl groups is 1. The number of rotatable bonds is 2. The lowest BCUT2D eigenvalue weighted by atomic mass is 10.3. The first kappa shape index (κ1) is 16.0. The number of benzene rings is 1. The summed E-state index contributed by atoms with van der Waals surface area (Å²) in [6.45, 7) is 1.83. The Morgan fingerprint density at radius 3 is 2.58 bits per heavy atom. The Kier molecular flexibility index (Phi) is 6.94. The second kappa shape index (κ2) is 8.22. The summed E-state index contributed by atoms with van der Waals surface area (Å²) in [7, 11) is 0. The van der Waals surface area contributed by atoms with Gasteiger partial charge in [0, 0.05) is 13.1 Å². The summed E-state index contributed by atoms with van der Waals surface area (Å²) in [5, 5.41) is 18.1. The molecule has 2 rings (SSSR count). The molecule has 1 aliphatic rings. The molecule has 7 heteroatoms. The number of hydrogen-bond acceptors (Lipinski definition) is 4. The van der Waals surface area contributed by atoms with Crippen LogP contribution in [0.3, 0.4) is 0 Å². The number of carbonyl (C=O) groups excluding carboxylic acids is 1. The molecule has 0 atom stereocenters. The molecule has 0 bridgehead atoms. The van der Waals surface area contributed by atoms with E-state index >= 15 is 0 Å². The van der Waals surface area contributed by atoms with Crippen LogP contribution >= 0.6 is 23.2 Å². The lowest BCUT2D eigenvalue weighted by Crippen LogP contribution is -2.42. The first-order valence-electron chi connectivity index (χ1n) is 5.65. The summed E-state index contributed by atoms with van der Waals surface area (Å²) >= 11 is 11.1. The van der Waals surface area contributed by atoms with E-state index in [1.54, 1.807) is 11.0 Å². The van der Waals surface area contributed by atoms with Crippen LogP contribution in [0.15, 0.2) is 18.2 Å². The first-order valence-corrected chi connectivity index (χ1v) is 6.40. The van der Waals surface area contributed by atoms with Crippen molar-refractivity contribution in [1.29, 1.82) is 0 Å². The van der Waals surface area contributed by atoms with E-state index in [2.05, 4.69) is 0 Å². The van der Waals surface area contributed by atoms with Gasteiger partial charge in [-0.15, -0.1) is 0 Å². The SMILES string of the molecule is O=C1COCCN1CCO.Oc1ccc(Cl)c(Cl)c1. The van der Waals surface area contributed by atoms with Gasteiger partial charge in [-0.05, 0) is 18.2 Å². The maximum Gasteiger partial charge on any atom is 0.248 e. The van der Waals surface area contributed by atoms with Crippen molar-refractivity contribution in [1.82, 2.24) is 4.90 Å². The van der Waals surface area contributed by atoms with E-state index in [0.29, 0.717) is 29.7 Å². The number of ether oxygens (including phenoxy) is 1. The second-order valence-electron chi connectivity index (χ2n) is 3.76. The van der Waals surface area contributed by atoms with Crippen molar-refractivity contribution in [2.75, 3.05) is 32.9 Å². The van der Waals surface area contributed by atoms with Crippen molar-refractivity contribution in [2.45, 2.75) is 0 Å². The normalized spacial score (nSPS) is 14.9. The Hall–Kier alpha value is -1.01. The zero-order valence-corrected chi connectivity index (χ0v) is 11.7. The van der Waals surface area contributed by atoms with Crippen molar-refractivity contribution in [2.24, 2.45) is 0 Å². The molecule has 1 aromatic carbocycles. The Labute approximate surface area is 121 Å². The molecule has 1 heterocycles. The number of phenols is 1. The average molecular weight is 308 g/mol. The largest absolute Gasteiger partial charge is 0.508 e. The number of amides is 1. The summed E-state index contributed by atoms with van der Waals surface area (Å²) in [5.41, 5.74) is 0. The molecule has 1 aliphatic heterocycles. The second-order valence-corrected chi connectivity index (χ2v) is 4.57. The summed E-state index contributed by atoms with van der Waals surface area (Å²) in [6.07, 6.45) is 0. The first-order chi connectivity index (χ1) is 9.04. The van der Waals surface area contributed by atoms with Crippen LogP contribution in [0.25, 0.3) is 0 Å². The van der Waals surface area contributed by atoms with Gasteiger partial charge in [-0.2, -0.15) is 0 Å². The maximum absolute atomic E-state index is 10.9. The number of hydrogen-bond donors (Lipinski definition) is 2. The van der Waals surface area contributed by atoms with Crippen LogP contribution in [0.1, 0.15) is 0 Å². The highest BCUT2D eigenvalue weighted by Crippen LogP contribution is 2.24. The van der Waals surface area contributed by atoms with Crippen molar-refractivity contribution < 1.29 is 19.7 Å². The molecular weight excluding hydrogens is 293 g/mol. The zero-order chi connectivity index (χ0) is 14.3. The molecule has 1 aromatic rings. The zero-order valence-electron chi connectivity index (χ0n) is 10.2. The van der Waals surface area contributed by atoms with Crippen LogP contribution in [0.4, 0.5) is 0 Å². The molecule has 1 fully saturated rings. The lowest BCUT2D eigenvalue weighted by Gasteiger charge is -2.25. The quantitative estimate of drug-likeness (QED) is 0.869. The Bertz CT molecular complexity index is 426. The van der Waals surface area contributed by atoms with E-state index in [4.69, 9.17) is 38.2 Å². The number of halogens is 2. The number of β-amino-alcohol motifs (C(OH)–C–C–N with tert-alkyl or cyclic N) is 1. The van der Waals surface area contributed by atoms with Gasteiger partial charge in [-0.3, -0.25) is 4.79 Å². The molecule has 0 aliphatic carbocycles. The van der Waals surface area contributed by atoms with Gasteiger partial charge in [0.1, 0.15) is 12.4 Å². The van der Waals surface area contributed by atoms with Crippen LogP contribution in [0, 0.1) is 0 Å². The molecule has 1 saturated heterocycles. The van der Waals surface area contributed by atoms with E-state index in [1.165, 1.54) is 12.1 Å². The average Bonchev–Trinajstić information content (AvgIpc) is 2.38. The minimum atomic E-state index is -0.0275. The number of nitrogens with zero attached hydrogens (tertiary/aromatic N) is 1. The molecule has 5 nitrogen and oxygen atoms in total. The number of carbonyl (C=O) groups is 1. The molecule has 0 unspecified atom stereocenters. The van der Waals surface area contributed by atoms with E-state index in [1.807, 2.05) is 0 Å². The van der Waals surface area contributed by atoms with Crippen LogP contribution < -0.4 is 0 Å². The highest BCUT2D eigenvalue weighted by Gasteiger charge is 2.16. The van der Waals surface area contributed by atoms with E-state index < -0.39 is 0 Å². The van der Waals surface area contributed by atoms with Gasteiger partial charge in [-0.25, -0.2) is 0 Å². The van der Waals surface area contributed by atoms with Gasteiger partial charge in [0.25, 0.3) is 0 Å². The van der Waals surface area contributed by atoms with E-state index in [-0.39, 0.29) is 24.9 Å². The van der Waals surface area contributed by atoms with Crippen LogP contribution in [-0.4, -0.2) is 53.9 Å². The molecule has 2 N–H and O–H groups in total. The van der Waals surface area contributed by atoms with Gasteiger partial charge in [0.2, 0.25) is 5.91 Å². The highest BCUT2D eigenvalue weighted by molar-refractivity contribution is 6.42. The number of phenolic OH excluding ortho intramolecular Hbond substituents is 1. The molecule has 0 aromatic heterocycles. The minimum absolute atomic E-state index is 0.0275. The Morgan fingerprint density at radius 1 is 1.32 bits per heavy atom.